The van der Waals surface area contributed by atoms with Crippen LogP contribution in [0.4, 0.5) is 0 Å². The Labute approximate surface area is 190 Å². The van der Waals surface area contributed by atoms with Gasteiger partial charge in [-0.25, -0.2) is 4.68 Å². The van der Waals surface area contributed by atoms with Crippen molar-refractivity contribution in [3.05, 3.63) is 71.0 Å². The Bertz CT molecular complexity index is 1080. The molecule has 0 saturated carbocycles. The standard InChI is InChI=1S/C22H23ClN6O3/c23-17-8-9-18(29-14-25-26-27-29)16(12-17)13-24-21(31)19-7-4-10-28(19)22(32)20(30)11-15-5-2-1-3-6-15/h1-3,5-6,8-9,12,14,19-20,30H,4,7,10-11,13H2,(H,24,31)/t19-,20+/m0/s1. The van der Waals surface area contributed by atoms with Crippen molar-refractivity contribution in [2.75, 3.05) is 6.54 Å². The van der Waals surface area contributed by atoms with Gasteiger partial charge in [-0.2, -0.15) is 0 Å². The van der Waals surface area contributed by atoms with E-state index in [1.807, 2.05) is 30.3 Å². The zero-order chi connectivity index (χ0) is 22.5. The predicted octanol–water partition coefficient (Wildman–Crippen LogP) is 1.53. The molecule has 2 aromatic carbocycles. The summed E-state index contributed by atoms with van der Waals surface area (Å²) >= 11 is 6.13. The number of hydrogen-bond donors (Lipinski definition) is 2. The smallest absolute Gasteiger partial charge is 0.252 e. The minimum Gasteiger partial charge on any atom is -0.383 e. The normalized spacial score (nSPS) is 16.7. The van der Waals surface area contributed by atoms with E-state index in [4.69, 9.17) is 11.6 Å². The highest BCUT2D eigenvalue weighted by atomic mass is 35.5. The third-order valence-electron chi connectivity index (χ3n) is 5.49. The fourth-order valence-electron chi connectivity index (χ4n) is 3.91. The zero-order valence-corrected chi connectivity index (χ0v) is 18.0. The molecule has 2 amide bonds. The van der Waals surface area contributed by atoms with E-state index in [-0.39, 0.29) is 18.9 Å². The van der Waals surface area contributed by atoms with Gasteiger partial charge in [0.1, 0.15) is 18.5 Å². The molecule has 1 aliphatic rings. The summed E-state index contributed by atoms with van der Waals surface area (Å²) in [4.78, 5) is 27.3. The van der Waals surface area contributed by atoms with Gasteiger partial charge in [0.15, 0.2) is 0 Å². The van der Waals surface area contributed by atoms with Crippen LogP contribution in [0, 0.1) is 0 Å². The Morgan fingerprint density at radius 1 is 1.22 bits per heavy atom. The van der Waals surface area contributed by atoms with E-state index >= 15 is 0 Å². The molecule has 4 rings (SSSR count). The van der Waals surface area contributed by atoms with Gasteiger partial charge in [-0.3, -0.25) is 9.59 Å². The first-order valence-corrected chi connectivity index (χ1v) is 10.7. The van der Waals surface area contributed by atoms with Gasteiger partial charge >= 0.3 is 0 Å². The highest BCUT2D eigenvalue weighted by Crippen LogP contribution is 2.22. The molecule has 2 heterocycles. The monoisotopic (exact) mass is 454 g/mol. The van der Waals surface area contributed by atoms with Gasteiger partial charge in [0.25, 0.3) is 5.91 Å². The Balaban J connectivity index is 1.41. The number of aliphatic hydroxyl groups is 1. The van der Waals surface area contributed by atoms with Gasteiger partial charge in [-0.15, -0.1) is 5.10 Å². The number of tetrazole rings is 1. The van der Waals surface area contributed by atoms with E-state index in [0.29, 0.717) is 30.1 Å². The van der Waals surface area contributed by atoms with Crippen molar-refractivity contribution < 1.29 is 14.7 Å². The van der Waals surface area contributed by atoms with E-state index in [2.05, 4.69) is 20.8 Å². The first-order valence-electron chi connectivity index (χ1n) is 10.3. The minimum atomic E-state index is -1.19. The van der Waals surface area contributed by atoms with E-state index in [1.165, 1.54) is 15.9 Å². The Hall–Kier alpha value is -3.30. The highest BCUT2D eigenvalue weighted by Gasteiger charge is 2.36. The van der Waals surface area contributed by atoms with Crippen LogP contribution >= 0.6 is 11.6 Å². The van der Waals surface area contributed by atoms with Crippen LogP contribution in [0.2, 0.25) is 5.02 Å². The number of aliphatic hydroxyl groups excluding tert-OH is 1. The third-order valence-corrected chi connectivity index (χ3v) is 5.72. The molecular weight excluding hydrogens is 432 g/mol. The molecular formula is C22H23ClN6O3. The molecule has 166 valence electrons. The average molecular weight is 455 g/mol. The van der Waals surface area contributed by atoms with Crippen molar-refractivity contribution in [2.24, 2.45) is 0 Å². The van der Waals surface area contributed by atoms with Crippen molar-refractivity contribution in [3.63, 3.8) is 0 Å². The minimum absolute atomic E-state index is 0.194. The lowest BCUT2D eigenvalue weighted by atomic mass is 10.1. The predicted molar refractivity (Wildman–Crippen MR) is 117 cm³/mol. The molecule has 1 fully saturated rings. The van der Waals surface area contributed by atoms with Crippen LogP contribution in [0.1, 0.15) is 24.0 Å². The molecule has 0 radical (unpaired) electrons. The van der Waals surface area contributed by atoms with E-state index in [1.54, 1.807) is 18.2 Å². The Morgan fingerprint density at radius 2 is 2.03 bits per heavy atom. The number of carbonyl (C=O) groups excluding carboxylic acids is 2. The number of carbonyl (C=O) groups is 2. The van der Waals surface area contributed by atoms with Crippen LogP contribution in [-0.4, -0.2) is 60.7 Å². The van der Waals surface area contributed by atoms with E-state index in [0.717, 1.165) is 11.1 Å². The maximum absolute atomic E-state index is 12.9. The maximum Gasteiger partial charge on any atom is 0.252 e. The molecule has 1 aromatic heterocycles. The van der Waals surface area contributed by atoms with E-state index < -0.39 is 18.1 Å². The molecule has 2 atom stereocenters. The van der Waals surface area contributed by atoms with Crippen LogP contribution in [0.5, 0.6) is 0 Å². The summed E-state index contributed by atoms with van der Waals surface area (Å²) in [5, 5.41) is 25.0. The maximum atomic E-state index is 12.9. The fraction of sp³-hybridized carbons (Fsp3) is 0.318. The van der Waals surface area contributed by atoms with Gasteiger partial charge in [-0.1, -0.05) is 41.9 Å². The Morgan fingerprint density at radius 3 is 2.78 bits per heavy atom. The van der Waals surface area contributed by atoms with Crippen LogP contribution in [0.3, 0.4) is 0 Å². The first-order chi connectivity index (χ1) is 15.5. The molecule has 32 heavy (non-hydrogen) atoms. The number of amides is 2. The summed E-state index contributed by atoms with van der Waals surface area (Å²) in [6.45, 7) is 0.634. The van der Waals surface area contributed by atoms with Crippen LogP contribution in [0.25, 0.3) is 5.69 Å². The number of hydrogen-bond acceptors (Lipinski definition) is 6. The van der Waals surface area contributed by atoms with Crippen molar-refractivity contribution in [3.8, 4) is 5.69 Å². The molecule has 1 aliphatic heterocycles. The summed E-state index contributed by atoms with van der Waals surface area (Å²) in [6, 6.07) is 13.9. The molecule has 2 N–H and O–H groups in total. The van der Waals surface area contributed by atoms with Crippen molar-refractivity contribution in [2.45, 2.75) is 38.0 Å². The molecule has 0 spiro atoms. The number of aromatic nitrogens is 4. The van der Waals surface area contributed by atoms with Crippen molar-refractivity contribution >= 4 is 23.4 Å². The second kappa shape index (κ2) is 9.88. The number of halogens is 1. The zero-order valence-electron chi connectivity index (χ0n) is 17.3. The number of likely N-dealkylation sites (tertiary alicyclic amines) is 1. The number of rotatable bonds is 7. The lowest BCUT2D eigenvalue weighted by Gasteiger charge is -2.26. The summed E-state index contributed by atoms with van der Waals surface area (Å²) < 4.78 is 1.49. The topological polar surface area (TPSA) is 113 Å². The molecule has 1 saturated heterocycles. The summed E-state index contributed by atoms with van der Waals surface area (Å²) in [6.07, 6.45) is 1.73. The second-order valence-corrected chi connectivity index (χ2v) is 8.08. The van der Waals surface area contributed by atoms with E-state index in [9.17, 15) is 14.7 Å². The largest absolute Gasteiger partial charge is 0.383 e. The van der Waals surface area contributed by atoms with Crippen molar-refractivity contribution in [1.29, 1.82) is 0 Å². The van der Waals surface area contributed by atoms with Gasteiger partial charge in [0.05, 0.1) is 5.69 Å². The number of nitrogens with one attached hydrogen (secondary N) is 1. The Kier molecular flexibility index (Phi) is 6.77. The van der Waals surface area contributed by atoms with Gasteiger partial charge in [-0.05, 0) is 52.6 Å². The molecule has 0 aliphatic carbocycles. The average Bonchev–Trinajstić information content (AvgIpc) is 3.50. The lowest BCUT2D eigenvalue weighted by molar-refractivity contribution is -0.145. The molecule has 9 nitrogen and oxygen atoms in total. The quantitative estimate of drug-likeness (QED) is 0.559. The molecule has 0 bridgehead atoms. The van der Waals surface area contributed by atoms with Crippen molar-refractivity contribution in [1.82, 2.24) is 30.4 Å². The van der Waals surface area contributed by atoms with Gasteiger partial charge in [0, 0.05) is 24.5 Å². The lowest BCUT2D eigenvalue weighted by Crippen LogP contribution is -2.49. The second-order valence-electron chi connectivity index (χ2n) is 7.64. The number of benzene rings is 2. The molecule has 10 heteroatoms. The van der Waals surface area contributed by atoms with Gasteiger partial charge < -0.3 is 15.3 Å². The molecule has 3 aromatic rings. The summed E-state index contributed by atoms with van der Waals surface area (Å²) in [7, 11) is 0. The number of nitrogens with zero attached hydrogens (tertiary/aromatic N) is 5. The van der Waals surface area contributed by atoms with Crippen LogP contribution in [-0.2, 0) is 22.6 Å². The molecule has 0 unspecified atom stereocenters. The fourth-order valence-corrected chi connectivity index (χ4v) is 4.10. The summed E-state index contributed by atoms with van der Waals surface area (Å²) in [5.74, 6) is -0.700. The highest BCUT2D eigenvalue weighted by molar-refractivity contribution is 6.30. The first kappa shape index (κ1) is 21.9. The summed E-state index contributed by atoms with van der Waals surface area (Å²) in [5.41, 5.74) is 2.29. The third kappa shape index (κ3) is 4.95. The van der Waals surface area contributed by atoms with Crippen LogP contribution < -0.4 is 5.32 Å². The van der Waals surface area contributed by atoms with Gasteiger partial charge in [0.2, 0.25) is 5.91 Å². The van der Waals surface area contributed by atoms with Crippen LogP contribution in [0.15, 0.2) is 54.9 Å². The SMILES string of the molecule is O=C(NCc1cc(Cl)ccc1-n1cnnn1)[C@@H]1CCCN1C(=O)[C@H](O)Cc1ccccc1.